The molecule has 162 valence electrons. The molecule has 0 bridgehead atoms. The van der Waals surface area contributed by atoms with Crippen molar-refractivity contribution in [1.82, 2.24) is 19.9 Å². The molecule has 32 heavy (non-hydrogen) atoms. The molecule has 3 fully saturated rings. The van der Waals surface area contributed by atoms with E-state index in [-0.39, 0.29) is 11.5 Å². The Morgan fingerprint density at radius 2 is 2.16 bits per heavy atom. The van der Waals surface area contributed by atoms with Gasteiger partial charge in [-0.15, -0.1) is 0 Å². The third-order valence-corrected chi connectivity index (χ3v) is 6.84. The Labute approximate surface area is 189 Å². The first-order valence-corrected chi connectivity index (χ1v) is 11.7. The van der Waals surface area contributed by atoms with Gasteiger partial charge in [-0.05, 0) is 44.6 Å². The number of ether oxygens (including phenoxy) is 1. The highest BCUT2D eigenvalue weighted by atomic mass is 32.1. The number of nitrogens with zero attached hydrogens (tertiary/aromatic N) is 5. The first kappa shape index (κ1) is 19.6. The number of hydrogen-bond donors (Lipinski definition) is 1. The van der Waals surface area contributed by atoms with Crippen molar-refractivity contribution in [3.63, 3.8) is 0 Å². The van der Waals surface area contributed by atoms with Crippen molar-refractivity contribution in [1.29, 1.82) is 0 Å². The third kappa shape index (κ3) is 3.92. The molecule has 3 aromatic heterocycles. The van der Waals surface area contributed by atoms with Crippen LogP contribution in [0.4, 0.5) is 10.8 Å². The molecule has 3 aromatic rings. The van der Waals surface area contributed by atoms with Gasteiger partial charge in [0.25, 0.3) is 5.91 Å². The van der Waals surface area contributed by atoms with Crippen LogP contribution >= 0.6 is 11.3 Å². The van der Waals surface area contributed by atoms with Crippen LogP contribution in [-0.4, -0.2) is 51.1 Å². The number of nitrogens with one attached hydrogen (secondary N) is 1. The van der Waals surface area contributed by atoms with Crippen molar-refractivity contribution in [3.8, 4) is 11.8 Å². The van der Waals surface area contributed by atoms with Crippen LogP contribution < -0.4 is 10.2 Å². The predicted molar refractivity (Wildman–Crippen MR) is 122 cm³/mol. The zero-order valence-corrected chi connectivity index (χ0v) is 18.5. The largest absolute Gasteiger partial charge is 0.371 e. The van der Waals surface area contributed by atoms with Crippen LogP contribution in [0.5, 0.6) is 0 Å². The van der Waals surface area contributed by atoms with Gasteiger partial charge >= 0.3 is 0 Å². The Bertz CT molecular complexity index is 1280. The minimum atomic E-state index is -0.239. The number of hydrogen-bond acceptors (Lipinski definition) is 8. The van der Waals surface area contributed by atoms with Crippen LogP contribution in [0, 0.1) is 24.7 Å². The smallest absolute Gasteiger partial charge is 0.261 e. The fourth-order valence-corrected chi connectivity index (χ4v) is 4.67. The van der Waals surface area contributed by atoms with Crippen molar-refractivity contribution in [2.45, 2.75) is 38.2 Å². The van der Waals surface area contributed by atoms with Gasteiger partial charge in [0, 0.05) is 30.9 Å². The minimum absolute atomic E-state index is 0.0341. The van der Waals surface area contributed by atoms with E-state index in [0.29, 0.717) is 39.4 Å². The molecule has 0 atom stereocenters. The summed E-state index contributed by atoms with van der Waals surface area (Å²) in [6.07, 6.45) is 7.77. The summed E-state index contributed by atoms with van der Waals surface area (Å²) < 4.78 is 5.94. The van der Waals surface area contributed by atoms with Crippen molar-refractivity contribution in [2.24, 2.45) is 5.92 Å². The fraction of sp³-hybridized carbons (Fsp3) is 0.435. The molecular formula is C23H22N6O2S. The highest BCUT2D eigenvalue weighted by Gasteiger charge is 2.47. The number of anilines is 2. The van der Waals surface area contributed by atoms with Crippen molar-refractivity contribution < 1.29 is 9.53 Å². The number of aromatic nitrogens is 4. The van der Waals surface area contributed by atoms with Gasteiger partial charge in [0.15, 0.2) is 15.6 Å². The van der Waals surface area contributed by atoms with Crippen LogP contribution in [0.2, 0.25) is 0 Å². The molecule has 1 saturated heterocycles. The summed E-state index contributed by atoms with van der Waals surface area (Å²) in [5.74, 6) is 6.53. The number of fused-ring (bicyclic) bond motifs is 1. The molecular weight excluding hydrogens is 424 g/mol. The number of carbonyl (C=O) groups is 1. The van der Waals surface area contributed by atoms with Gasteiger partial charge in [-0.1, -0.05) is 17.3 Å². The van der Waals surface area contributed by atoms with Gasteiger partial charge < -0.3 is 9.64 Å². The maximum absolute atomic E-state index is 13.2. The summed E-state index contributed by atoms with van der Waals surface area (Å²) >= 11 is 1.30. The van der Waals surface area contributed by atoms with Gasteiger partial charge in [-0.2, -0.15) is 4.98 Å². The summed E-state index contributed by atoms with van der Waals surface area (Å²) in [6, 6.07) is 1.97. The Morgan fingerprint density at radius 3 is 2.97 bits per heavy atom. The normalized spacial score (nSPS) is 19.0. The zero-order valence-electron chi connectivity index (χ0n) is 17.7. The van der Waals surface area contributed by atoms with Crippen LogP contribution in [-0.2, 0) is 4.74 Å². The fourth-order valence-electron chi connectivity index (χ4n) is 3.88. The maximum Gasteiger partial charge on any atom is 0.261 e. The van der Waals surface area contributed by atoms with E-state index in [1.165, 1.54) is 24.2 Å². The zero-order chi connectivity index (χ0) is 21.7. The first-order chi connectivity index (χ1) is 15.6. The highest BCUT2D eigenvalue weighted by molar-refractivity contribution is 7.21. The van der Waals surface area contributed by atoms with E-state index >= 15 is 0 Å². The average molecular weight is 447 g/mol. The maximum atomic E-state index is 13.2. The van der Waals surface area contributed by atoms with E-state index in [9.17, 15) is 4.79 Å². The Balaban J connectivity index is 1.25. The summed E-state index contributed by atoms with van der Waals surface area (Å²) in [5, 5.41) is 3.38. The Kier molecular flexibility index (Phi) is 4.59. The number of amides is 1. The van der Waals surface area contributed by atoms with E-state index in [2.05, 4.69) is 42.0 Å². The summed E-state index contributed by atoms with van der Waals surface area (Å²) in [7, 11) is 0. The third-order valence-electron chi connectivity index (χ3n) is 5.99. The minimum Gasteiger partial charge on any atom is -0.371 e. The molecule has 1 spiro atoms. The topological polar surface area (TPSA) is 93.1 Å². The molecule has 1 aliphatic heterocycles. The van der Waals surface area contributed by atoms with Crippen LogP contribution in [0.25, 0.3) is 10.5 Å². The van der Waals surface area contributed by atoms with Crippen molar-refractivity contribution in [2.75, 3.05) is 29.9 Å². The van der Waals surface area contributed by atoms with E-state index in [1.807, 2.05) is 13.0 Å². The monoisotopic (exact) mass is 446 g/mol. The number of aryl methyl sites for hydroxylation is 1. The molecule has 4 heterocycles. The van der Waals surface area contributed by atoms with Crippen molar-refractivity contribution >= 4 is 38.5 Å². The average Bonchev–Trinajstić information content (AvgIpc) is 3.71. The molecule has 8 nitrogen and oxygen atoms in total. The Hall–Kier alpha value is -3.09. The predicted octanol–water partition coefficient (Wildman–Crippen LogP) is 3.17. The van der Waals surface area contributed by atoms with E-state index in [1.54, 1.807) is 12.4 Å². The lowest BCUT2D eigenvalue weighted by Crippen LogP contribution is -2.44. The molecule has 0 aromatic carbocycles. The van der Waals surface area contributed by atoms with Crippen molar-refractivity contribution in [3.05, 3.63) is 35.4 Å². The Morgan fingerprint density at radius 1 is 1.28 bits per heavy atom. The number of rotatable bonds is 3. The SMILES string of the molecule is Cc1cc(N2CCOC3(CC3)C2)c(C(=O)Nc2nc3ncc(C#CC4CC4)nc3s2)cn1. The summed E-state index contributed by atoms with van der Waals surface area (Å²) in [4.78, 5) is 33.8. The molecule has 9 heteroatoms. The number of thiazole rings is 1. The molecule has 1 amide bonds. The second-order valence-corrected chi connectivity index (χ2v) is 9.67. The van der Waals surface area contributed by atoms with Crippen LogP contribution in [0.1, 0.15) is 47.4 Å². The lowest BCUT2D eigenvalue weighted by Gasteiger charge is -2.35. The van der Waals surface area contributed by atoms with E-state index in [4.69, 9.17) is 4.74 Å². The standard InChI is InChI=1S/C23H22N6O2S/c1-14-10-18(29-8-9-31-23(13-29)6-7-23)17(12-24-14)20(30)28-22-27-19-21(32-22)26-16(11-25-19)5-4-15-2-3-15/h10-12,15H,2-3,6-9,13H2,1H3,(H,25,27,28,30). The lowest BCUT2D eigenvalue weighted by atomic mass is 10.1. The van der Waals surface area contributed by atoms with Crippen LogP contribution in [0.15, 0.2) is 18.5 Å². The number of morpholine rings is 1. The molecule has 6 rings (SSSR count). The summed E-state index contributed by atoms with van der Waals surface area (Å²) in [5.41, 5.74) is 3.41. The van der Waals surface area contributed by atoms with Crippen LogP contribution in [0.3, 0.4) is 0 Å². The van der Waals surface area contributed by atoms with E-state index in [0.717, 1.165) is 37.3 Å². The second-order valence-electron chi connectivity index (χ2n) is 8.70. The molecule has 2 saturated carbocycles. The summed E-state index contributed by atoms with van der Waals surface area (Å²) in [6.45, 7) is 4.16. The molecule has 2 aliphatic carbocycles. The van der Waals surface area contributed by atoms with Gasteiger partial charge in [-0.25, -0.2) is 9.97 Å². The number of pyridine rings is 1. The molecule has 0 radical (unpaired) electrons. The number of carbonyl (C=O) groups excluding carboxylic acids is 1. The molecule has 3 aliphatic rings. The van der Waals surface area contributed by atoms with Gasteiger partial charge in [0.2, 0.25) is 0 Å². The van der Waals surface area contributed by atoms with E-state index < -0.39 is 0 Å². The lowest BCUT2D eigenvalue weighted by molar-refractivity contribution is 0.0205. The highest BCUT2D eigenvalue weighted by Crippen LogP contribution is 2.43. The van der Waals surface area contributed by atoms with Gasteiger partial charge in [-0.3, -0.25) is 15.1 Å². The van der Waals surface area contributed by atoms with Gasteiger partial charge in [0.1, 0.15) is 5.69 Å². The second kappa shape index (κ2) is 7.50. The molecule has 0 unspecified atom stereocenters. The molecule has 1 N–H and O–H groups in total. The van der Waals surface area contributed by atoms with Gasteiger partial charge in [0.05, 0.1) is 29.7 Å². The first-order valence-electron chi connectivity index (χ1n) is 10.9. The quantitative estimate of drug-likeness (QED) is 0.618.